The van der Waals surface area contributed by atoms with Gasteiger partial charge in [-0.05, 0) is 24.1 Å². The second kappa shape index (κ2) is 5.51. The second-order valence-corrected chi connectivity index (χ2v) is 4.72. The SMILES string of the molecule is Cc1cc(SCc2ccccc2)ncc1C#N. The van der Waals surface area contributed by atoms with Crippen LogP contribution >= 0.6 is 11.8 Å². The van der Waals surface area contributed by atoms with Gasteiger partial charge >= 0.3 is 0 Å². The number of benzene rings is 1. The lowest BCUT2D eigenvalue weighted by molar-refractivity contribution is 1.10. The number of hydrogen-bond donors (Lipinski definition) is 0. The molecular formula is C14H12N2S. The van der Waals surface area contributed by atoms with Gasteiger partial charge in [-0.25, -0.2) is 4.98 Å². The van der Waals surface area contributed by atoms with E-state index in [0.717, 1.165) is 16.3 Å². The van der Waals surface area contributed by atoms with Crippen molar-refractivity contribution in [3.63, 3.8) is 0 Å². The molecule has 0 atom stereocenters. The Morgan fingerprint density at radius 3 is 2.71 bits per heavy atom. The Kier molecular flexibility index (Phi) is 3.79. The third-order valence-electron chi connectivity index (χ3n) is 2.44. The smallest absolute Gasteiger partial charge is 0.101 e. The maximum absolute atomic E-state index is 8.82. The van der Waals surface area contributed by atoms with E-state index in [9.17, 15) is 0 Å². The molecule has 1 aromatic carbocycles. The fourth-order valence-electron chi connectivity index (χ4n) is 1.46. The summed E-state index contributed by atoms with van der Waals surface area (Å²) in [7, 11) is 0. The number of thioether (sulfide) groups is 1. The van der Waals surface area contributed by atoms with Crippen molar-refractivity contribution in [2.24, 2.45) is 0 Å². The molecule has 2 rings (SSSR count). The highest BCUT2D eigenvalue weighted by Gasteiger charge is 2.01. The lowest BCUT2D eigenvalue weighted by atomic mass is 10.2. The zero-order valence-electron chi connectivity index (χ0n) is 9.55. The maximum atomic E-state index is 8.82. The average Bonchev–Trinajstić information content (AvgIpc) is 2.38. The molecule has 0 bridgehead atoms. The third kappa shape index (κ3) is 3.08. The highest BCUT2D eigenvalue weighted by Crippen LogP contribution is 2.22. The summed E-state index contributed by atoms with van der Waals surface area (Å²) in [6.45, 7) is 1.94. The van der Waals surface area contributed by atoms with Crippen LogP contribution in [0.2, 0.25) is 0 Å². The van der Waals surface area contributed by atoms with Crippen LogP contribution in [0, 0.1) is 18.3 Å². The number of nitrogens with zero attached hydrogens (tertiary/aromatic N) is 2. The molecule has 0 aliphatic rings. The maximum Gasteiger partial charge on any atom is 0.101 e. The van der Waals surface area contributed by atoms with Crippen LogP contribution in [-0.4, -0.2) is 4.98 Å². The second-order valence-electron chi connectivity index (χ2n) is 3.72. The summed E-state index contributed by atoms with van der Waals surface area (Å²) in [5, 5.41) is 9.78. The molecule has 0 radical (unpaired) electrons. The monoisotopic (exact) mass is 240 g/mol. The van der Waals surface area contributed by atoms with Crippen molar-refractivity contribution in [2.75, 3.05) is 0 Å². The number of rotatable bonds is 3. The normalized spacial score (nSPS) is 9.88. The molecule has 0 amide bonds. The topological polar surface area (TPSA) is 36.7 Å². The Bertz CT molecular complexity index is 544. The molecule has 2 nitrogen and oxygen atoms in total. The predicted octanol–water partition coefficient (Wildman–Crippen LogP) is 3.55. The molecule has 2 aromatic rings. The average molecular weight is 240 g/mol. The predicted molar refractivity (Wildman–Crippen MR) is 69.7 cm³/mol. The van der Waals surface area contributed by atoms with E-state index in [0.29, 0.717) is 5.56 Å². The number of pyridine rings is 1. The van der Waals surface area contributed by atoms with Gasteiger partial charge in [0.25, 0.3) is 0 Å². The van der Waals surface area contributed by atoms with Crippen LogP contribution in [0.4, 0.5) is 0 Å². The van der Waals surface area contributed by atoms with Crippen molar-refractivity contribution in [1.82, 2.24) is 4.98 Å². The largest absolute Gasteiger partial charge is 0.249 e. The van der Waals surface area contributed by atoms with Gasteiger partial charge in [0, 0.05) is 11.9 Å². The Morgan fingerprint density at radius 2 is 2.06 bits per heavy atom. The zero-order valence-corrected chi connectivity index (χ0v) is 10.4. The zero-order chi connectivity index (χ0) is 12.1. The standard InChI is InChI=1S/C14H12N2S/c1-11-7-14(16-9-13(11)8-15)17-10-12-5-3-2-4-6-12/h2-7,9H,10H2,1H3. The molecule has 0 fully saturated rings. The van der Waals surface area contributed by atoms with Crippen LogP contribution in [0.25, 0.3) is 0 Å². The van der Waals surface area contributed by atoms with E-state index >= 15 is 0 Å². The number of aromatic nitrogens is 1. The van der Waals surface area contributed by atoms with Crippen LogP contribution < -0.4 is 0 Å². The molecule has 0 unspecified atom stereocenters. The molecule has 3 heteroatoms. The van der Waals surface area contributed by atoms with Gasteiger partial charge in [-0.3, -0.25) is 0 Å². The van der Waals surface area contributed by atoms with Crippen molar-refractivity contribution >= 4 is 11.8 Å². The van der Waals surface area contributed by atoms with E-state index in [1.807, 2.05) is 31.2 Å². The fourth-order valence-corrected chi connectivity index (χ4v) is 2.35. The minimum absolute atomic E-state index is 0.647. The Balaban J connectivity index is 2.06. The van der Waals surface area contributed by atoms with Gasteiger partial charge in [0.15, 0.2) is 0 Å². The number of nitriles is 1. The van der Waals surface area contributed by atoms with Gasteiger partial charge < -0.3 is 0 Å². The van der Waals surface area contributed by atoms with Gasteiger partial charge in [0.2, 0.25) is 0 Å². The van der Waals surface area contributed by atoms with Crippen molar-refractivity contribution in [3.05, 3.63) is 59.3 Å². The Hall–Kier alpha value is -1.79. The fraction of sp³-hybridized carbons (Fsp3) is 0.143. The molecule has 0 spiro atoms. The molecule has 0 aliphatic heterocycles. The van der Waals surface area contributed by atoms with E-state index in [4.69, 9.17) is 5.26 Å². The molecule has 0 saturated heterocycles. The molecular weight excluding hydrogens is 228 g/mol. The highest BCUT2D eigenvalue weighted by atomic mass is 32.2. The van der Waals surface area contributed by atoms with Crippen molar-refractivity contribution in [2.45, 2.75) is 17.7 Å². The van der Waals surface area contributed by atoms with E-state index in [2.05, 4.69) is 23.2 Å². The van der Waals surface area contributed by atoms with Crippen LogP contribution in [0.3, 0.4) is 0 Å². The first-order valence-electron chi connectivity index (χ1n) is 5.33. The lowest BCUT2D eigenvalue weighted by Crippen LogP contribution is -1.88. The van der Waals surface area contributed by atoms with Gasteiger partial charge in [0.1, 0.15) is 6.07 Å². The molecule has 17 heavy (non-hydrogen) atoms. The summed E-state index contributed by atoms with van der Waals surface area (Å²) < 4.78 is 0. The van der Waals surface area contributed by atoms with E-state index < -0.39 is 0 Å². The van der Waals surface area contributed by atoms with Crippen molar-refractivity contribution in [1.29, 1.82) is 5.26 Å². The summed E-state index contributed by atoms with van der Waals surface area (Å²) in [6, 6.07) is 14.4. The van der Waals surface area contributed by atoms with Gasteiger partial charge in [-0.1, -0.05) is 30.3 Å². The van der Waals surface area contributed by atoms with E-state index in [1.165, 1.54) is 5.56 Å². The van der Waals surface area contributed by atoms with Gasteiger partial charge in [0.05, 0.1) is 10.6 Å². The lowest BCUT2D eigenvalue weighted by Gasteiger charge is -2.03. The molecule has 0 saturated carbocycles. The van der Waals surface area contributed by atoms with Crippen LogP contribution in [0.1, 0.15) is 16.7 Å². The summed E-state index contributed by atoms with van der Waals surface area (Å²) >= 11 is 1.69. The number of aryl methyl sites for hydroxylation is 1. The molecule has 84 valence electrons. The van der Waals surface area contributed by atoms with Gasteiger partial charge in [-0.15, -0.1) is 11.8 Å². The molecule has 0 N–H and O–H groups in total. The molecule has 1 heterocycles. The first-order chi connectivity index (χ1) is 8.29. The first-order valence-corrected chi connectivity index (χ1v) is 6.31. The molecule has 0 aliphatic carbocycles. The first kappa shape index (κ1) is 11.7. The summed E-state index contributed by atoms with van der Waals surface area (Å²) in [6.07, 6.45) is 1.64. The number of hydrogen-bond acceptors (Lipinski definition) is 3. The minimum Gasteiger partial charge on any atom is -0.249 e. The van der Waals surface area contributed by atoms with Crippen LogP contribution in [0.5, 0.6) is 0 Å². The molecule has 1 aromatic heterocycles. The summed E-state index contributed by atoms with van der Waals surface area (Å²) in [5.41, 5.74) is 2.91. The van der Waals surface area contributed by atoms with Crippen molar-refractivity contribution in [3.8, 4) is 6.07 Å². The minimum atomic E-state index is 0.647. The van der Waals surface area contributed by atoms with Crippen molar-refractivity contribution < 1.29 is 0 Å². The Morgan fingerprint density at radius 1 is 1.29 bits per heavy atom. The van der Waals surface area contributed by atoms with Gasteiger partial charge in [-0.2, -0.15) is 5.26 Å². The highest BCUT2D eigenvalue weighted by molar-refractivity contribution is 7.98. The third-order valence-corrected chi connectivity index (χ3v) is 3.43. The van der Waals surface area contributed by atoms with E-state index in [1.54, 1.807) is 18.0 Å². The summed E-state index contributed by atoms with van der Waals surface area (Å²) in [5.74, 6) is 0.902. The van der Waals surface area contributed by atoms with Crippen LogP contribution in [-0.2, 0) is 5.75 Å². The van der Waals surface area contributed by atoms with Crippen LogP contribution in [0.15, 0.2) is 47.6 Å². The van der Waals surface area contributed by atoms with E-state index in [-0.39, 0.29) is 0 Å². The quantitative estimate of drug-likeness (QED) is 0.770. The summed E-state index contributed by atoms with van der Waals surface area (Å²) in [4.78, 5) is 4.27. The Labute approximate surface area is 105 Å².